The van der Waals surface area contributed by atoms with Crippen molar-refractivity contribution in [1.29, 1.82) is 0 Å². The molecule has 0 heterocycles. The summed E-state index contributed by atoms with van der Waals surface area (Å²) in [6.45, 7) is 8.01. The third kappa shape index (κ3) is 3.99. The number of hydrogen-bond donors (Lipinski definition) is 0. The Kier molecular flexibility index (Phi) is 6.35. The monoisotopic (exact) mass is 408 g/mol. The van der Waals surface area contributed by atoms with E-state index in [4.69, 9.17) is 13.3 Å². The van der Waals surface area contributed by atoms with Crippen LogP contribution >= 0.6 is 0 Å². The van der Waals surface area contributed by atoms with Crippen molar-refractivity contribution in [2.24, 2.45) is 0 Å². The van der Waals surface area contributed by atoms with Gasteiger partial charge in [0, 0.05) is 25.9 Å². The van der Waals surface area contributed by atoms with Gasteiger partial charge in [-0.15, -0.1) is 0 Å². The molecule has 0 fully saturated rings. The van der Waals surface area contributed by atoms with Gasteiger partial charge in [-0.2, -0.15) is 0 Å². The average Bonchev–Trinajstić information content (AvgIpc) is 2.74. The number of benzene rings is 3. The van der Waals surface area contributed by atoms with Crippen molar-refractivity contribution in [2.45, 2.75) is 52.0 Å². The fourth-order valence-corrected chi connectivity index (χ4v) is 7.94. The maximum Gasteiger partial charge on any atom is 0.501 e. The van der Waals surface area contributed by atoms with E-state index in [1.54, 1.807) is 0 Å². The minimum atomic E-state index is -2.69. The van der Waals surface area contributed by atoms with Crippen molar-refractivity contribution >= 4 is 30.3 Å². The van der Waals surface area contributed by atoms with Crippen molar-refractivity contribution in [3.63, 3.8) is 0 Å². The highest BCUT2D eigenvalue weighted by Gasteiger charge is 2.44. The van der Waals surface area contributed by atoms with Crippen LogP contribution in [0.4, 0.5) is 0 Å². The summed E-state index contributed by atoms with van der Waals surface area (Å²) in [7, 11) is -2.69. The molecule has 0 N–H and O–H groups in total. The third-order valence-electron chi connectivity index (χ3n) is 6.05. The minimum Gasteiger partial charge on any atom is -0.374 e. The summed E-state index contributed by atoms with van der Waals surface area (Å²) < 4.78 is 18.6. The molecule has 0 aliphatic heterocycles. The first-order valence-corrected chi connectivity index (χ1v) is 13.0. The van der Waals surface area contributed by atoms with Gasteiger partial charge in [0.25, 0.3) is 0 Å². The summed E-state index contributed by atoms with van der Waals surface area (Å²) in [6.07, 6.45) is 3.54. The van der Waals surface area contributed by atoms with Crippen LogP contribution in [-0.4, -0.2) is 28.6 Å². The zero-order valence-electron chi connectivity index (χ0n) is 17.9. The van der Waals surface area contributed by atoms with Gasteiger partial charge in [0.15, 0.2) is 0 Å². The van der Waals surface area contributed by atoms with Gasteiger partial charge in [-0.1, -0.05) is 48.5 Å². The van der Waals surface area contributed by atoms with E-state index in [2.05, 4.69) is 48.5 Å². The van der Waals surface area contributed by atoms with E-state index in [0.29, 0.717) is 25.7 Å². The smallest absolute Gasteiger partial charge is 0.374 e. The lowest BCUT2D eigenvalue weighted by molar-refractivity contribution is 0.0690. The molecule has 1 atom stereocenters. The molecule has 0 bridgehead atoms. The Balaban J connectivity index is 1.82. The topological polar surface area (TPSA) is 27.7 Å². The molecule has 1 aliphatic carbocycles. The van der Waals surface area contributed by atoms with E-state index in [1.807, 2.05) is 20.8 Å². The van der Waals surface area contributed by atoms with Crippen molar-refractivity contribution in [3.05, 3.63) is 59.7 Å². The summed E-state index contributed by atoms with van der Waals surface area (Å²) in [6, 6.07) is 18.8. The van der Waals surface area contributed by atoms with Gasteiger partial charge in [0.05, 0.1) is 0 Å². The fourth-order valence-electron chi connectivity index (χ4n) is 5.01. The van der Waals surface area contributed by atoms with Crippen molar-refractivity contribution in [3.8, 4) is 0 Å². The molecule has 3 aromatic carbocycles. The van der Waals surface area contributed by atoms with Crippen molar-refractivity contribution in [2.75, 3.05) is 19.8 Å². The highest BCUT2D eigenvalue weighted by Crippen LogP contribution is 2.43. The number of aryl methyl sites for hydroxylation is 1. The highest BCUT2D eigenvalue weighted by molar-refractivity contribution is 6.61. The second-order valence-electron chi connectivity index (χ2n) is 7.80. The van der Waals surface area contributed by atoms with Crippen LogP contribution in [-0.2, 0) is 19.7 Å². The average molecular weight is 409 g/mol. The molecular weight excluding hydrogens is 376 g/mol. The molecule has 0 amide bonds. The van der Waals surface area contributed by atoms with E-state index in [-0.39, 0.29) is 0 Å². The molecule has 0 saturated heterocycles. The van der Waals surface area contributed by atoms with Crippen LogP contribution in [0, 0.1) is 0 Å². The third-order valence-corrected chi connectivity index (χ3v) is 9.23. The van der Waals surface area contributed by atoms with Gasteiger partial charge in [-0.25, -0.2) is 0 Å². The van der Waals surface area contributed by atoms with Crippen LogP contribution in [0.3, 0.4) is 0 Å². The van der Waals surface area contributed by atoms with E-state index in [0.717, 1.165) is 12.5 Å². The fraction of sp³-hybridized carbons (Fsp3) is 0.440. The van der Waals surface area contributed by atoms with Gasteiger partial charge in [0.1, 0.15) is 0 Å². The molecule has 0 aromatic heterocycles. The maximum absolute atomic E-state index is 6.20. The SMILES string of the molecule is CCO[Si](CC1CCCc2ccc3c(ccc4ccccc43)c21)(OCC)OCC. The summed E-state index contributed by atoms with van der Waals surface area (Å²) in [5.41, 5.74) is 2.98. The number of hydrogen-bond acceptors (Lipinski definition) is 3. The maximum atomic E-state index is 6.20. The predicted molar refractivity (Wildman–Crippen MR) is 123 cm³/mol. The molecule has 154 valence electrons. The van der Waals surface area contributed by atoms with Gasteiger partial charge in [0.2, 0.25) is 0 Å². The van der Waals surface area contributed by atoms with Gasteiger partial charge >= 0.3 is 8.80 Å². The van der Waals surface area contributed by atoms with Gasteiger partial charge in [-0.3, -0.25) is 0 Å². The normalized spacial score (nSPS) is 17.0. The quantitative estimate of drug-likeness (QED) is 0.316. The summed E-state index contributed by atoms with van der Waals surface area (Å²) >= 11 is 0. The number of rotatable bonds is 8. The molecule has 3 nitrogen and oxygen atoms in total. The van der Waals surface area contributed by atoms with Crippen LogP contribution in [0.2, 0.25) is 6.04 Å². The molecule has 0 radical (unpaired) electrons. The largest absolute Gasteiger partial charge is 0.501 e. The van der Waals surface area contributed by atoms with Crippen LogP contribution in [0.1, 0.15) is 50.7 Å². The molecule has 0 spiro atoms. The molecule has 0 saturated carbocycles. The van der Waals surface area contributed by atoms with Crippen LogP contribution in [0.25, 0.3) is 21.5 Å². The molecule has 3 aromatic rings. The Labute approximate surface area is 175 Å². The van der Waals surface area contributed by atoms with Crippen molar-refractivity contribution in [1.82, 2.24) is 0 Å². The second kappa shape index (κ2) is 8.96. The van der Waals surface area contributed by atoms with E-state index < -0.39 is 8.80 Å². The Bertz CT molecular complexity index is 967. The Morgan fingerprint density at radius 1 is 0.793 bits per heavy atom. The Morgan fingerprint density at radius 3 is 2.21 bits per heavy atom. The van der Waals surface area contributed by atoms with Crippen LogP contribution in [0.15, 0.2) is 48.5 Å². The Morgan fingerprint density at radius 2 is 1.48 bits per heavy atom. The molecule has 4 heteroatoms. The molecule has 1 unspecified atom stereocenters. The molecule has 4 rings (SSSR count). The predicted octanol–water partition coefficient (Wildman–Crippen LogP) is 6.46. The standard InChI is InChI=1S/C25H32O3Si/c1-4-26-29(27-5-2,28-6-3)18-21-12-9-11-20-15-16-23-22-13-8-7-10-19(22)14-17-24(23)25(20)21/h7-8,10,13-17,21H,4-6,9,11-12,18H2,1-3H3. The first-order chi connectivity index (χ1) is 14.2. The second-order valence-corrected chi connectivity index (χ2v) is 10.4. The van der Waals surface area contributed by atoms with Crippen LogP contribution < -0.4 is 0 Å². The van der Waals surface area contributed by atoms with E-state index in [1.165, 1.54) is 45.5 Å². The summed E-state index contributed by atoms with van der Waals surface area (Å²) in [4.78, 5) is 0. The number of fused-ring (bicyclic) bond motifs is 5. The zero-order chi connectivity index (χ0) is 20.3. The van der Waals surface area contributed by atoms with Crippen LogP contribution in [0.5, 0.6) is 0 Å². The van der Waals surface area contributed by atoms with E-state index in [9.17, 15) is 0 Å². The lowest BCUT2D eigenvalue weighted by atomic mass is 9.80. The summed E-state index contributed by atoms with van der Waals surface area (Å²) in [5, 5.41) is 5.37. The lowest BCUT2D eigenvalue weighted by Crippen LogP contribution is -2.47. The first-order valence-electron chi connectivity index (χ1n) is 11.1. The molecule has 29 heavy (non-hydrogen) atoms. The van der Waals surface area contributed by atoms with Crippen molar-refractivity contribution < 1.29 is 13.3 Å². The minimum absolute atomic E-state index is 0.417. The zero-order valence-corrected chi connectivity index (χ0v) is 18.9. The lowest BCUT2D eigenvalue weighted by Gasteiger charge is -2.35. The molecule has 1 aliphatic rings. The summed E-state index contributed by atoms with van der Waals surface area (Å²) in [5.74, 6) is 0.417. The van der Waals surface area contributed by atoms with Gasteiger partial charge < -0.3 is 13.3 Å². The van der Waals surface area contributed by atoms with Gasteiger partial charge in [-0.05, 0) is 78.6 Å². The first kappa shape index (κ1) is 20.5. The highest BCUT2D eigenvalue weighted by atomic mass is 28.4. The Hall–Kier alpha value is -1.72. The molecular formula is C25H32O3Si. The van der Waals surface area contributed by atoms with E-state index >= 15 is 0 Å².